The lowest BCUT2D eigenvalue weighted by atomic mass is 9.73. The molecule has 1 rings (SSSR count). The predicted molar refractivity (Wildman–Crippen MR) is 75.4 cm³/mol. The summed E-state index contributed by atoms with van der Waals surface area (Å²) in [5.41, 5.74) is 1.63. The van der Waals surface area contributed by atoms with Gasteiger partial charge < -0.3 is 4.74 Å². The second kappa shape index (κ2) is 5.48. The number of ether oxygens (including phenoxy) is 1. The summed E-state index contributed by atoms with van der Waals surface area (Å²) in [6.07, 6.45) is 4.13. The van der Waals surface area contributed by atoms with Crippen LogP contribution in [0.2, 0.25) is 0 Å². The van der Waals surface area contributed by atoms with Crippen molar-refractivity contribution in [2.45, 2.75) is 60.8 Å². The van der Waals surface area contributed by atoms with Crippen LogP contribution >= 0.6 is 0 Å². The van der Waals surface area contributed by atoms with Gasteiger partial charge in [-0.3, -0.25) is 9.59 Å². The number of cyclic esters (lactones) is 2. The van der Waals surface area contributed by atoms with Crippen molar-refractivity contribution in [1.82, 2.24) is 0 Å². The molecule has 19 heavy (non-hydrogen) atoms. The molecule has 0 saturated carbocycles. The molecule has 0 amide bonds. The van der Waals surface area contributed by atoms with Crippen LogP contribution in [0.3, 0.4) is 0 Å². The van der Waals surface area contributed by atoms with Crippen LogP contribution < -0.4 is 0 Å². The molecule has 1 atom stereocenters. The van der Waals surface area contributed by atoms with Crippen molar-refractivity contribution in [2.24, 2.45) is 16.7 Å². The van der Waals surface area contributed by atoms with Crippen molar-refractivity contribution in [3.05, 3.63) is 11.6 Å². The molecule has 1 aliphatic rings. The van der Waals surface area contributed by atoms with E-state index < -0.39 is 11.9 Å². The molecule has 0 aliphatic carbocycles. The molecule has 1 heterocycles. The minimum absolute atomic E-state index is 0.186. The van der Waals surface area contributed by atoms with Gasteiger partial charge in [0.1, 0.15) is 0 Å². The van der Waals surface area contributed by atoms with Gasteiger partial charge in [0.15, 0.2) is 0 Å². The van der Waals surface area contributed by atoms with Crippen LogP contribution in [-0.4, -0.2) is 11.9 Å². The maximum Gasteiger partial charge on any atom is 0.321 e. The average molecular weight is 266 g/mol. The van der Waals surface area contributed by atoms with Crippen LogP contribution in [0.15, 0.2) is 11.6 Å². The van der Waals surface area contributed by atoms with Crippen molar-refractivity contribution in [2.75, 3.05) is 0 Å². The zero-order valence-corrected chi connectivity index (χ0v) is 13.0. The van der Waals surface area contributed by atoms with Gasteiger partial charge in [-0.2, -0.15) is 0 Å². The van der Waals surface area contributed by atoms with Gasteiger partial charge in [-0.15, -0.1) is 0 Å². The number of carbonyl (C=O) groups is 2. The van der Waals surface area contributed by atoms with E-state index in [1.54, 1.807) is 0 Å². The van der Waals surface area contributed by atoms with Crippen LogP contribution in [0.4, 0.5) is 0 Å². The molecule has 1 aliphatic heterocycles. The molecule has 108 valence electrons. The Labute approximate surface area is 116 Å². The van der Waals surface area contributed by atoms with Gasteiger partial charge in [0.25, 0.3) is 0 Å². The van der Waals surface area contributed by atoms with Gasteiger partial charge in [0, 0.05) is 0 Å². The Morgan fingerprint density at radius 1 is 1.26 bits per heavy atom. The molecule has 0 radical (unpaired) electrons. The first-order chi connectivity index (χ1) is 8.48. The van der Waals surface area contributed by atoms with Crippen molar-refractivity contribution < 1.29 is 14.3 Å². The number of hydrogen-bond donors (Lipinski definition) is 0. The Bertz CT molecular complexity index is 397. The lowest BCUT2D eigenvalue weighted by Gasteiger charge is -2.33. The third-order valence-electron chi connectivity index (χ3n) is 3.16. The van der Waals surface area contributed by atoms with Crippen LogP contribution in [0.5, 0.6) is 0 Å². The number of hydrogen-bond acceptors (Lipinski definition) is 3. The fourth-order valence-corrected chi connectivity index (χ4v) is 3.27. The SMILES string of the molecule is C/C(=C\C1CC(=O)OC1=O)CC(C)(C)CC(C)(C)C. The van der Waals surface area contributed by atoms with E-state index in [4.69, 9.17) is 0 Å². The minimum atomic E-state index is -0.409. The summed E-state index contributed by atoms with van der Waals surface area (Å²) in [4.78, 5) is 22.5. The van der Waals surface area contributed by atoms with E-state index in [1.165, 1.54) is 0 Å². The van der Waals surface area contributed by atoms with E-state index >= 15 is 0 Å². The van der Waals surface area contributed by atoms with Gasteiger partial charge in [-0.25, -0.2) is 0 Å². The first kappa shape index (κ1) is 15.9. The summed E-state index contributed by atoms with van der Waals surface area (Å²) in [6, 6.07) is 0. The van der Waals surface area contributed by atoms with Crippen molar-refractivity contribution >= 4 is 11.9 Å². The Balaban J connectivity index is 2.66. The number of esters is 2. The lowest BCUT2D eigenvalue weighted by Crippen LogP contribution is -2.21. The highest BCUT2D eigenvalue weighted by Gasteiger charge is 2.32. The third kappa shape index (κ3) is 5.58. The Morgan fingerprint density at radius 3 is 2.26 bits per heavy atom. The maximum atomic E-state index is 11.4. The molecule has 0 aromatic carbocycles. The summed E-state index contributed by atoms with van der Waals surface area (Å²) in [6.45, 7) is 13.2. The van der Waals surface area contributed by atoms with E-state index in [0.717, 1.165) is 18.4 Å². The maximum absolute atomic E-state index is 11.4. The third-order valence-corrected chi connectivity index (χ3v) is 3.16. The molecule has 0 aromatic rings. The normalized spacial score (nSPS) is 21.8. The summed E-state index contributed by atoms with van der Waals surface area (Å²) >= 11 is 0. The van der Waals surface area contributed by atoms with Crippen LogP contribution in [-0.2, 0) is 14.3 Å². The Morgan fingerprint density at radius 2 is 1.84 bits per heavy atom. The molecule has 3 nitrogen and oxygen atoms in total. The lowest BCUT2D eigenvalue weighted by molar-refractivity contribution is -0.152. The van der Waals surface area contributed by atoms with E-state index in [9.17, 15) is 9.59 Å². The Hall–Kier alpha value is -1.12. The largest absolute Gasteiger partial charge is 0.393 e. The van der Waals surface area contributed by atoms with E-state index in [2.05, 4.69) is 39.4 Å². The molecule has 0 spiro atoms. The monoisotopic (exact) mass is 266 g/mol. The second-order valence-electron chi connectivity index (χ2n) is 7.70. The molecule has 1 saturated heterocycles. The number of rotatable bonds is 4. The standard InChI is InChI=1S/C16H26O3/c1-11(7-12-8-13(17)19-14(12)18)9-16(5,6)10-15(2,3)4/h7,12H,8-10H2,1-6H3/b11-7+. The molecule has 0 aromatic heterocycles. The molecule has 3 heteroatoms. The summed E-state index contributed by atoms with van der Waals surface area (Å²) < 4.78 is 4.56. The molecule has 1 fully saturated rings. The molecule has 0 N–H and O–H groups in total. The fraction of sp³-hybridized carbons (Fsp3) is 0.750. The van der Waals surface area contributed by atoms with Gasteiger partial charge in [0.05, 0.1) is 12.3 Å². The van der Waals surface area contributed by atoms with Gasteiger partial charge in [0.2, 0.25) is 0 Å². The van der Waals surface area contributed by atoms with E-state index in [1.807, 2.05) is 13.0 Å². The molecular weight excluding hydrogens is 240 g/mol. The van der Waals surface area contributed by atoms with Crippen molar-refractivity contribution in [3.63, 3.8) is 0 Å². The van der Waals surface area contributed by atoms with Gasteiger partial charge >= 0.3 is 11.9 Å². The molecular formula is C16H26O3. The van der Waals surface area contributed by atoms with Crippen molar-refractivity contribution in [1.29, 1.82) is 0 Å². The Kier molecular flexibility index (Phi) is 4.59. The first-order valence-electron chi connectivity index (χ1n) is 6.90. The number of allylic oxidation sites excluding steroid dienone is 1. The summed E-state index contributed by atoms with van der Waals surface area (Å²) in [5.74, 6) is -1.19. The smallest absolute Gasteiger partial charge is 0.321 e. The zero-order chi connectivity index (χ0) is 14.8. The second-order valence-corrected chi connectivity index (χ2v) is 7.70. The predicted octanol–water partition coefficient (Wildman–Crippen LogP) is 3.87. The van der Waals surface area contributed by atoms with Gasteiger partial charge in [-0.05, 0) is 30.6 Å². The fourth-order valence-electron chi connectivity index (χ4n) is 3.27. The minimum Gasteiger partial charge on any atom is -0.393 e. The topological polar surface area (TPSA) is 43.4 Å². The van der Waals surface area contributed by atoms with E-state index in [-0.39, 0.29) is 23.2 Å². The average Bonchev–Trinajstić information content (AvgIpc) is 2.38. The zero-order valence-electron chi connectivity index (χ0n) is 13.0. The van der Waals surface area contributed by atoms with Crippen LogP contribution in [0.25, 0.3) is 0 Å². The summed E-state index contributed by atoms with van der Waals surface area (Å²) in [5, 5.41) is 0. The van der Waals surface area contributed by atoms with Crippen LogP contribution in [0, 0.1) is 16.7 Å². The van der Waals surface area contributed by atoms with Crippen LogP contribution in [0.1, 0.15) is 60.8 Å². The number of carbonyl (C=O) groups excluding carboxylic acids is 2. The quantitative estimate of drug-likeness (QED) is 0.440. The highest BCUT2D eigenvalue weighted by atomic mass is 16.6. The highest BCUT2D eigenvalue weighted by molar-refractivity contribution is 5.95. The molecule has 1 unspecified atom stereocenters. The summed E-state index contributed by atoms with van der Waals surface area (Å²) in [7, 11) is 0. The first-order valence-corrected chi connectivity index (χ1v) is 6.90. The highest BCUT2D eigenvalue weighted by Crippen LogP contribution is 2.38. The van der Waals surface area contributed by atoms with Crippen molar-refractivity contribution in [3.8, 4) is 0 Å². The van der Waals surface area contributed by atoms with E-state index in [0.29, 0.717) is 0 Å². The molecule has 0 bridgehead atoms. The van der Waals surface area contributed by atoms with Gasteiger partial charge in [-0.1, -0.05) is 46.3 Å².